The van der Waals surface area contributed by atoms with Gasteiger partial charge in [0.15, 0.2) is 5.82 Å². The minimum atomic E-state index is -0.870. The third-order valence-electron chi connectivity index (χ3n) is 11.0. The van der Waals surface area contributed by atoms with Gasteiger partial charge in [0.25, 0.3) is 11.8 Å². The smallest absolute Gasteiger partial charge is 0.251 e. The largest absolute Gasteiger partial charge is 0.352 e. The average Bonchev–Trinajstić information content (AvgIpc) is 3.45. The van der Waals surface area contributed by atoms with E-state index >= 15 is 0 Å². The molecule has 2 saturated carbocycles. The molecule has 3 aromatic rings. The number of aromatic amines is 1. The minimum absolute atomic E-state index is 0.0221. The summed E-state index contributed by atoms with van der Waals surface area (Å²) in [4.78, 5) is 41.4. The van der Waals surface area contributed by atoms with E-state index in [1.54, 1.807) is 0 Å². The molecule has 0 bridgehead atoms. The summed E-state index contributed by atoms with van der Waals surface area (Å²) >= 11 is 0. The van der Waals surface area contributed by atoms with E-state index in [-0.39, 0.29) is 42.4 Å². The van der Waals surface area contributed by atoms with Crippen LogP contribution in [0.2, 0.25) is 0 Å². The van der Waals surface area contributed by atoms with Crippen LogP contribution in [0.15, 0.2) is 36.4 Å². The fourth-order valence-corrected chi connectivity index (χ4v) is 8.39. The van der Waals surface area contributed by atoms with E-state index in [1.807, 2.05) is 55.1 Å². The molecule has 3 fully saturated rings. The Kier molecular flexibility index (Phi) is 8.73. The van der Waals surface area contributed by atoms with Crippen molar-refractivity contribution in [3.8, 4) is 6.07 Å². The topological polar surface area (TPSA) is 169 Å². The van der Waals surface area contributed by atoms with E-state index in [1.165, 1.54) is 0 Å². The minimum Gasteiger partial charge on any atom is -0.352 e. The second-order valence-corrected chi connectivity index (χ2v) is 13.7. The number of nitrogens with one attached hydrogen (secondary N) is 4. The van der Waals surface area contributed by atoms with Crippen LogP contribution in [0.3, 0.4) is 0 Å². The van der Waals surface area contributed by atoms with Gasteiger partial charge in [0, 0.05) is 36.3 Å². The van der Waals surface area contributed by atoms with Crippen molar-refractivity contribution >= 4 is 17.7 Å². The van der Waals surface area contributed by atoms with Crippen LogP contribution < -0.4 is 16.0 Å². The maximum atomic E-state index is 13.6. The number of benzene rings is 2. The first-order chi connectivity index (χ1) is 23.4. The number of hydrogen-bond acceptors (Lipinski definition) is 8. The fourth-order valence-electron chi connectivity index (χ4n) is 8.39. The Hall–Kier alpha value is -4.63. The number of H-pyrrole nitrogens is 1. The summed E-state index contributed by atoms with van der Waals surface area (Å²) < 4.78 is 0. The molecule has 4 N–H and O–H groups in total. The zero-order chi connectivity index (χ0) is 33.4. The predicted molar refractivity (Wildman–Crippen MR) is 177 cm³/mol. The van der Waals surface area contributed by atoms with Crippen molar-refractivity contribution in [2.45, 2.75) is 88.8 Å². The Morgan fingerprint density at radius 3 is 2.17 bits per heavy atom. The third-order valence-corrected chi connectivity index (χ3v) is 11.0. The zero-order valence-corrected chi connectivity index (χ0v) is 27.6. The second kappa shape index (κ2) is 13.1. The van der Waals surface area contributed by atoms with E-state index in [4.69, 9.17) is 0 Å². The summed E-state index contributed by atoms with van der Waals surface area (Å²) in [6, 6.07) is 13.9. The van der Waals surface area contributed by atoms with Gasteiger partial charge < -0.3 is 20.9 Å². The number of piperidine rings is 1. The van der Waals surface area contributed by atoms with Gasteiger partial charge in [0.05, 0.1) is 18.0 Å². The summed E-state index contributed by atoms with van der Waals surface area (Å²) in [5.74, 6) is 1.09. The van der Waals surface area contributed by atoms with E-state index in [2.05, 4.69) is 42.6 Å². The number of amides is 3. The molecule has 4 aliphatic rings. The number of nitriles is 1. The van der Waals surface area contributed by atoms with Gasteiger partial charge in [0.2, 0.25) is 5.91 Å². The first-order valence-corrected chi connectivity index (χ1v) is 17.4. The van der Waals surface area contributed by atoms with Gasteiger partial charge in [-0.05, 0) is 128 Å². The Labute approximate surface area is 280 Å². The van der Waals surface area contributed by atoms with Gasteiger partial charge in [-0.2, -0.15) is 5.26 Å². The number of aryl methyl sites for hydroxylation is 2. The lowest BCUT2D eigenvalue weighted by molar-refractivity contribution is -0.131. The van der Waals surface area contributed by atoms with Gasteiger partial charge in [0.1, 0.15) is 6.04 Å². The van der Waals surface area contributed by atoms with Crippen LogP contribution in [0.4, 0.5) is 0 Å². The molecule has 1 aromatic heterocycles. The highest BCUT2D eigenvalue weighted by Crippen LogP contribution is 2.50. The van der Waals surface area contributed by atoms with Crippen LogP contribution in [-0.4, -0.2) is 81.0 Å². The van der Waals surface area contributed by atoms with Gasteiger partial charge >= 0.3 is 0 Å². The quantitative estimate of drug-likeness (QED) is 0.246. The number of likely N-dealkylation sites (tertiary alicyclic amines) is 1. The molecule has 12 heteroatoms. The highest BCUT2D eigenvalue weighted by Gasteiger charge is 2.54. The highest BCUT2D eigenvalue weighted by atomic mass is 16.2. The van der Waals surface area contributed by atoms with E-state index in [0.29, 0.717) is 61.1 Å². The summed E-state index contributed by atoms with van der Waals surface area (Å²) in [6.45, 7) is 5.01. The van der Waals surface area contributed by atoms with Crippen LogP contribution in [0.5, 0.6) is 0 Å². The zero-order valence-electron chi connectivity index (χ0n) is 27.6. The van der Waals surface area contributed by atoms with Gasteiger partial charge in [-0.25, -0.2) is 5.10 Å². The van der Waals surface area contributed by atoms with E-state index in [0.717, 1.165) is 54.4 Å². The summed E-state index contributed by atoms with van der Waals surface area (Å²) in [6.07, 6.45) is 6.83. The molecule has 2 aromatic carbocycles. The lowest BCUT2D eigenvalue weighted by Crippen LogP contribution is -2.50. The molecule has 1 saturated heterocycles. The lowest BCUT2D eigenvalue weighted by Gasteiger charge is -2.42. The van der Waals surface area contributed by atoms with Crippen molar-refractivity contribution in [3.05, 3.63) is 75.6 Å². The van der Waals surface area contributed by atoms with Crippen molar-refractivity contribution < 1.29 is 14.4 Å². The van der Waals surface area contributed by atoms with Crippen LogP contribution in [0.25, 0.3) is 0 Å². The molecule has 0 unspecified atom stereocenters. The molecule has 7 rings (SSSR count). The molecule has 0 spiro atoms. The lowest BCUT2D eigenvalue weighted by atomic mass is 9.64. The number of nitrogens with zero attached hydrogens (tertiary/aromatic N) is 5. The van der Waals surface area contributed by atoms with Gasteiger partial charge in [-0.15, -0.1) is 5.10 Å². The number of tetrazole rings is 1. The van der Waals surface area contributed by atoms with Crippen LogP contribution in [0.1, 0.15) is 101 Å². The molecule has 48 heavy (non-hydrogen) atoms. The van der Waals surface area contributed by atoms with Crippen LogP contribution >= 0.6 is 0 Å². The number of aromatic nitrogens is 4. The second-order valence-electron chi connectivity index (χ2n) is 13.7. The number of carbonyl (C=O) groups excluding carboxylic acids is 3. The highest BCUT2D eigenvalue weighted by molar-refractivity contribution is 5.95. The third kappa shape index (κ3) is 5.64. The Morgan fingerprint density at radius 1 is 1.00 bits per heavy atom. The number of hydrogen-bond donors (Lipinski definition) is 4. The van der Waals surface area contributed by atoms with Crippen molar-refractivity contribution in [1.29, 1.82) is 5.26 Å². The van der Waals surface area contributed by atoms with Crippen molar-refractivity contribution in [3.63, 3.8) is 0 Å². The van der Waals surface area contributed by atoms with E-state index < -0.39 is 5.41 Å². The number of fused-ring (bicyclic) bond motifs is 3. The standard InChI is InChI=1S/C36H43N9O3/c1-3-38-33(47)24-10-12-28-22(14-24)8-9-23-15-25(34(48)39-4-2)11-13-29(23)36(28,35-41-43-44-42-35)18-30(21-6-5-7-21)40-20-32(46)45-27(19-37)16-26-17-31(26)45/h10-15,21,26-27,30-31,40H,3-9,16-18,20H2,1-2H3,(H,38,47)(H,39,48)(H,41,42,43,44)/t26-,27+,30-,31+/m1/s1. The van der Waals surface area contributed by atoms with Crippen molar-refractivity contribution in [2.75, 3.05) is 19.6 Å². The molecule has 12 nitrogen and oxygen atoms in total. The molecular weight excluding hydrogens is 606 g/mol. The first kappa shape index (κ1) is 31.9. The predicted octanol–water partition coefficient (Wildman–Crippen LogP) is 2.79. The molecule has 4 atom stereocenters. The van der Waals surface area contributed by atoms with Crippen molar-refractivity contribution in [1.82, 2.24) is 41.5 Å². The molecule has 0 radical (unpaired) electrons. The molecule has 250 valence electrons. The maximum Gasteiger partial charge on any atom is 0.251 e. The fraction of sp³-hybridized carbons (Fsp3) is 0.528. The van der Waals surface area contributed by atoms with Crippen LogP contribution in [-0.2, 0) is 23.1 Å². The Balaban J connectivity index is 1.32. The SMILES string of the molecule is CCNC(=O)c1ccc2c(c1)CCc1cc(C(=O)NCC)ccc1C2(C[C@@H](NCC(=O)N1[C@H](C#N)C[C@@H]2C[C@@H]21)C1CCC1)c1nnn[nH]1. The Morgan fingerprint density at radius 2 is 1.65 bits per heavy atom. The number of carbonyl (C=O) groups is 3. The summed E-state index contributed by atoms with van der Waals surface area (Å²) in [5, 5.41) is 35.0. The Bertz CT molecular complexity index is 1680. The van der Waals surface area contributed by atoms with E-state index in [9.17, 15) is 19.6 Å². The molecule has 3 amide bonds. The number of rotatable bonds is 11. The van der Waals surface area contributed by atoms with Gasteiger partial charge in [-0.3, -0.25) is 14.4 Å². The normalized spacial score (nSPS) is 22.6. The summed E-state index contributed by atoms with van der Waals surface area (Å²) in [5.41, 5.74) is 4.34. The van der Waals surface area contributed by atoms with Crippen molar-refractivity contribution in [2.24, 2.45) is 11.8 Å². The van der Waals surface area contributed by atoms with Crippen LogP contribution in [0, 0.1) is 23.2 Å². The van der Waals surface area contributed by atoms with Gasteiger partial charge in [-0.1, -0.05) is 18.6 Å². The molecule has 2 heterocycles. The summed E-state index contributed by atoms with van der Waals surface area (Å²) in [7, 11) is 0. The maximum absolute atomic E-state index is 13.6. The monoisotopic (exact) mass is 649 g/mol. The molecule has 3 aliphatic carbocycles. The molecule has 1 aliphatic heterocycles. The first-order valence-electron chi connectivity index (χ1n) is 17.4. The average molecular weight is 650 g/mol. The molecular formula is C36H43N9O3.